The van der Waals surface area contributed by atoms with E-state index in [1.54, 1.807) is 7.11 Å². The van der Waals surface area contributed by atoms with Crippen LogP contribution >= 0.6 is 0 Å². The molecule has 17 heavy (non-hydrogen) atoms. The van der Waals surface area contributed by atoms with E-state index in [2.05, 4.69) is 18.7 Å². The van der Waals surface area contributed by atoms with Crippen molar-refractivity contribution in [1.29, 1.82) is 0 Å². The molecule has 0 bridgehead atoms. The molecule has 3 heteroatoms. The van der Waals surface area contributed by atoms with Crippen LogP contribution in [0.1, 0.15) is 53.4 Å². The highest BCUT2D eigenvalue weighted by molar-refractivity contribution is 5.19. The molecule has 0 N–H and O–H groups in total. The van der Waals surface area contributed by atoms with Gasteiger partial charge in [-0.3, -0.25) is 4.90 Å². The zero-order chi connectivity index (χ0) is 13.1. The lowest BCUT2D eigenvalue weighted by Gasteiger charge is -2.43. The Morgan fingerprint density at radius 1 is 1.29 bits per heavy atom. The van der Waals surface area contributed by atoms with Crippen molar-refractivity contribution >= 4 is 0 Å². The molecule has 2 unspecified atom stereocenters. The zero-order valence-corrected chi connectivity index (χ0v) is 12.1. The first-order valence-corrected chi connectivity index (χ1v) is 7.08. The lowest BCUT2D eigenvalue weighted by Crippen LogP contribution is -2.54. The van der Waals surface area contributed by atoms with Crippen molar-refractivity contribution in [2.45, 2.75) is 70.7 Å². The maximum absolute atomic E-state index is 13.6. The minimum atomic E-state index is -0.669. The van der Waals surface area contributed by atoms with Crippen LogP contribution < -0.4 is 0 Å². The number of hydrogen-bond acceptors (Lipinski definition) is 2. The van der Waals surface area contributed by atoms with Crippen LogP contribution in [0.25, 0.3) is 0 Å². The summed E-state index contributed by atoms with van der Waals surface area (Å²) in [7, 11) is 1.78. The van der Waals surface area contributed by atoms with Crippen LogP contribution in [0.5, 0.6) is 0 Å². The van der Waals surface area contributed by atoms with E-state index in [4.69, 9.17) is 4.74 Å². The Morgan fingerprint density at radius 3 is 2.24 bits per heavy atom. The molecular formula is C14H28FNO. The van der Waals surface area contributed by atoms with Gasteiger partial charge in [-0.25, -0.2) is 4.39 Å². The normalized spacial score (nSPS) is 35.3. The van der Waals surface area contributed by atoms with Crippen LogP contribution in [0, 0.1) is 0 Å². The summed E-state index contributed by atoms with van der Waals surface area (Å²) in [6, 6.07) is 0. The minimum absolute atomic E-state index is 0.0318. The quantitative estimate of drug-likeness (QED) is 0.752. The van der Waals surface area contributed by atoms with Gasteiger partial charge in [0, 0.05) is 20.1 Å². The van der Waals surface area contributed by atoms with Crippen LogP contribution in [0.3, 0.4) is 0 Å². The van der Waals surface area contributed by atoms with Gasteiger partial charge in [0.1, 0.15) is 6.17 Å². The highest BCUT2D eigenvalue weighted by Gasteiger charge is 2.64. The molecule has 0 aromatic rings. The summed E-state index contributed by atoms with van der Waals surface area (Å²) in [6.45, 7) is 9.81. The summed E-state index contributed by atoms with van der Waals surface area (Å²) in [6.07, 6.45) is 3.18. The number of nitrogens with zero attached hydrogens (tertiary/aromatic N) is 1. The largest absolute Gasteiger partial charge is 0.376 e. The van der Waals surface area contributed by atoms with E-state index in [1.807, 2.05) is 13.8 Å². The lowest BCUT2D eigenvalue weighted by atomic mass is 9.83. The Labute approximate surface area is 106 Å². The van der Waals surface area contributed by atoms with E-state index in [1.165, 1.54) is 0 Å². The van der Waals surface area contributed by atoms with Crippen molar-refractivity contribution in [3.05, 3.63) is 0 Å². The Morgan fingerprint density at radius 2 is 1.88 bits per heavy atom. The van der Waals surface area contributed by atoms with Crippen LogP contribution in [0.15, 0.2) is 0 Å². The number of hydrogen-bond donors (Lipinski definition) is 0. The topological polar surface area (TPSA) is 12.5 Å². The fourth-order valence-electron chi connectivity index (χ4n) is 3.54. The first-order chi connectivity index (χ1) is 8.14. The Bertz CT molecular complexity index is 242. The highest BCUT2D eigenvalue weighted by Crippen LogP contribution is 2.56. The maximum atomic E-state index is 13.6. The van der Waals surface area contributed by atoms with Gasteiger partial charge in [-0.05, 0) is 25.8 Å². The average molecular weight is 245 g/mol. The molecule has 2 rings (SSSR count). The number of rotatable bonds is 4. The van der Waals surface area contributed by atoms with E-state index >= 15 is 0 Å². The van der Waals surface area contributed by atoms with Crippen molar-refractivity contribution < 1.29 is 9.13 Å². The number of alkyl halides is 1. The fourth-order valence-corrected chi connectivity index (χ4v) is 3.54. The number of likely N-dealkylation sites (N-methyl/N-ethyl adjacent to an activating group) is 1. The van der Waals surface area contributed by atoms with Gasteiger partial charge in [0.25, 0.3) is 0 Å². The smallest absolute Gasteiger partial charge is 0.115 e. The predicted molar refractivity (Wildman–Crippen MR) is 70.1 cm³/mol. The Balaban J connectivity index is 0.000000686. The van der Waals surface area contributed by atoms with E-state index in [-0.39, 0.29) is 11.1 Å². The van der Waals surface area contributed by atoms with Crippen molar-refractivity contribution in [3.63, 3.8) is 0 Å². The van der Waals surface area contributed by atoms with E-state index in [0.717, 1.165) is 25.8 Å². The van der Waals surface area contributed by atoms with Gasteiger partial charge in [0.2, 0.25) is 0 Å². The SMILES string of the molecule is CC.CCN1CC(F)CC1(CC)C1(OC)CC1. The number of ether oxygens (including phenoxy) is 1. The molecule has 0 aromatic carbocycles. The average Bonchev–Trinajstić information content (AvgIpc) is 3.11. The first kappa shape index (κ1) is 14.9. The molecule has 2 fully saturated rings. The molecule has 1 saturated heterocycles. The second-order valence-electron chi connectivity index (χ2n) is 4.92. The number of methoxy groups -OCH3 is 1. The first-order valence-electron chi connectivity index (χ1n) is 7.08. The van der Waals surface area contributed by atoms with E-state index < -0.39 is 6.17 Å². The van der Waals surface area contributed by atoms with Gasteiger partial charge < -0.3 is 4.74 Å². The van der Waals surface area contributed by atoms with Gasteiger partial charge >= 0.3 is 0 Å². The molecule has 0 radical (unpaired) electrons. The van der Waals surface area contributed by atoms with E-state index in [9.17, 15) is 4.39 Å². The molecule has 102 valence electrons. The predicted octanol–water partition coefficient (Wildman–Crippen LogP) is 3.40. The fraction of sp³-hybridized carbons (Fsp3) is 1.00. The van der Waals surface area contributed by atoms with Gasteiger partial charge in [-0.1, -0.05) is 27.7 Å². The summed E-state index contributed by atoms with van der Waals surface area (Å²) in [4.78, 5) is 2.30. The third-order valence-electron chi connectivity index (χ3n) is 4.49. The molecular weight excluding hydrogens is 217 g/mol. The molecule has 1 heterocycles. The summed E-state index contributed by atoms with van der Waals surface area (Å²) < 4.78 is 19.3. The second-order valence-corrected chi connectivity index (χ2v) is 4.92. The molecule has 2 nitrogen and oxygen atoms in total. The number of likely N-dealkylation sites (tertiary alicyclic amines) is 1. The van der Waals surface area contributed by atoms with Gasteiger partial charge in [-0.2, -0.15) is 0 Å². The van der Waals surface area contributed by atoms with Crippen molar-refractivity contribution in [1.82, 2.24) is 4.90 Å². The Hall–Kier alpha value is -0.150. The zero-order valence-electron chi connectivity index (χ0n) is 12.1. The summed E-state index contributed by atoms with van der Waals surface area (Å²) in [5.41, 5.74) is -0.0749. The van der Waals surface area contributed by atoms with E-state index in [0.29, 0.717) is 13.0 Å². The standard InChI is InChI=1S/C12H22FNO.C2H6/c1-4-11(12(15-3)6-7-12)8-10(13)9-14(11)5-2;1-2/h10H,4-9H2,1-3H3;1-2H3. The molecule has 1 aliphatic heterocycles. The summed E-state index contributed by atoms with van der Waals surface area (Å²) >= 11 is 0. The molecule has 1 saturated carbocycles. The molecule has 1 aliphatic carbocycles. The third-order valence-corrected chi connectivity index (χ3v) is 4.49. The van der Waals surface area contributed by atoms with Crippen molar-refractivity contribution in [2.75, 3.05) is 20.2 Å². The number of halogens is 1. The highest BCUT2D eigenvalue weighted by atomic mass is 19.1. The van der Waals surface area contributed by atoms with Crippen molar-refractivity contribution in [3.8, 4) is 0 Å². The molecule has 0 amide bonds. The van der Waals surface area contributed by atoms with Crippen molar-refractivity contribution in [2.24, 2.45) is 0 Å². The molecule has 2 aliphatic rings. The van der Waals surface area contributed by atoms with Gasteiger partial charge in [0.05, 0.1) is 11.1 Å². The van der Waals surface area contributed by atoms with Gasteiger partial charge in [-0.15, -0.1) is 0 Å². The summed E-state index contributed by atoms with van der Waals surface area (Å²) in [5.74, 6) is 0. The second kappa shape index (κ2) is 5.66. The van der Waals surface area contributed by atoms with Crippen LogP contribution in [-0.4, -0.2) is 42.4 Å². The third kappa shape index (κ3) is 2.24. The minimum Gasteiger partial charge on any atom is -0.376 e. The molecule has 0 aromatic heterocycles. The Kier molecular flexibility index (Phi) is 4.96. The summed E-state index contributed by atoms with van der Waals surface area (Å²) in [5, 5.41) is 0. The molecule has 2 atom stereocenters. The van der Waals surface area contributed by atoms with Crippen LogP contribution in [0.2, 0.25) is 0 Å². The monoisotopic (exact) mass is 245 g/mol. The molecule has 0 spiro atoms. The maximum Gasteiger partial charge on any atom is 0.115 e. The lowest BCUT2D eigenvalue weighted by molar-refractivity contribution is -0.0566. The van der Waals surface area contributed by atoms with Crippen LogP contribution in [0.4, 0.5) is 4.39 Å². The van der Waals surface area contributed by atoms with Crippen LogP contribution in [-0.2, 0) is 4.74 Å². The van der Waals surface area contributed by atoms with Gasteiger partial charge in [0.15, 0.2) is 0 Å².